The topological polar surface area (TPSA) is 55.1 Å². The highest BCUT2D eigenvalue weighted by Crippen LogP contribution is 2.51. The molecule has 1 atom stereocenters. The molecule has 2 rings (SSSR count). The fourth-order valence-electron chi connectivity index (χ4n) is 1.90. The van der Waals surface area contributed by atoms with Gasteiger partial charge in [-0.15, -0.1) is 11.3 Å². The van der Waals surface area contributed by atoms with Crippen LogP contribution in [-0.2, 0) is 11.3 Å². The van der Waals surface area contributed by atoms with Gasteiger partial charge in [0.1, 0.15) is 0 Å². The molecule has 1 aromatic rings. The molecule has 0 aliphatic heterocycles. The largest absolute Gasteiger partial charge is 0.351 e. The maximum atomic E-state index is 11.8. The van der Waals surface area contributed by atoms with E-state index in [1.807, 2.05) is 11.4 Å². The standard InChI is InChI=1S/C14H18N2OS/c1-14(2)7-12(14)13(17)16-8-11-6-10(9-18-11)4-3-5-15/h6,9,12H,5,7-8,15H2,1-2H3,(H,16,17). The summed E-state index contributed by atoms with van der Waals surface area (Å²) in [7, 11) is 0. The van der Waals surface area contributed by atoms with Crippen molar-refractivity contribution in [2.45, 2.75) is 26.8 Å². The smallest absolute Gasteiger partial charge is 0.223 e. The molecular formula is C14H18N2OS. The molecule has 0 bridgehead atoms. The molecule has 1 heterocycles. The number of hydrogen-bond donors (Lipinski definition) is 2. The minimum Gasteiger partial charge on any atom is -0.351 e. The Labute approximate surface area is 112 Å². The van der Waals surface area contributed by atoms with E-state index in [2.05, 4.69) is 31.0 Å². The van der Waals surface area contributed by atoms with Gasteiger partial charge in [0.25, 0.3) is 0 Å². The molecule has 1 saturated carbocycles. The zero-order chi connectivity index (χ0) is 13.2. The SMILES string of the molecule is CC1(C)CC1C(=O)NCc1cc(C#CCN)cs1. The highest BCUT2D eigenvalue weighted by molar-refractivity contribution is 7.10. The summed E-state index contributed by atoms with van der Waals surface area (Å²) in [5, 5.41) is 4.98. The van der Waals surface area contributed by atoms with E-state index < -0.39 is 0 Å². The van der Waals surface area contributed by atoms with Gasteiger partial charge in [0, 0.05) is 21.7 Å². The Morgan fingerprint density at radius 1 is 1.67 bits per heavy atom. The van der Waals surface area contributed by atoms with Gasteiger partial charge in [-0.25, -0.2) is 0 Å². The van der Waals surface area contributed by atoms with Crippen LogP contribution in [0.4, 0.5) is 0 Å². The molecule has 1 aromatic heterocycles. The number of hydrogen-bond acceptors (Lipinski definition) is 3. The molecule has 1 amide bonds. The number of rotatable bonds is 3. The summed E-state index contributed by atoms with van der Waals surface area (Å²) in [4.78, 5) is 13.0. The van der Waals surface area contributed by atoms with Crippen LogP contribution in [0.3, 0.4) is 0 Å². The lowest BCUT2D eigenvalue weighted by molar-refractivity contribution is -0.123. The molecule has 1 aliphatic rings. The van der Waals surface area contributed by atoms with Crippen LogP contribution in [0, 0.1) is 23.2 Å². The van der Waals surface area contributed by atoms with Crippen LogP contribution in [0.2, 0.25) is 0 Å². The number of amides is 1. The molecule has 18 heavy (non-hydrogen) atoms. The van der Waals surface area contributed by atoms with Gasteiger partial charge in [-0.2, -0.15) is 0 Å². The fraction of sp³-hybridized carbons (Fsp3) is 0.500. The average Bonchev–Trinajstić information content (AvgIpc) is 2.76. The van der Waals surface area contributed by atoms with Gasteiger partial charge in [-0.05, 0) is 17.9 Å². The van der Waals surface area contributed by atoms with Gasteiger partial charge in [0.2, 0.25) is 5.91 Å². The molecule has 0 radical (unpaired) electrons. The molecule has 3 N–H and O–H groups in total. The van der Waals surface area contributed by atoms with Crippen molar-refractivity contribution in [2.75, 3.05) is 6.54 Å². The van der Waals surface area contributed by atoms with E-state index in [1.165, 1.54) is 0 Å². The second-order valence-electron chi connectivity index (χ2n) is 5.27. The van der Waals surface area contributed by atoms with E-state index in [9.17, 15) is 4.79 Å². The predicted octanol–water partition coefficient (Wildman–Crippen LogP) is 1.72. The van der Waals surface area contributed by atoms with E-state index in [1.54, 1.807) is 11.3 Å². The van der Waals surface area contributed by atoms with Crippen molar-refractivity contribution >= 4 is 17.2 Å². The molecule has 96 valence electrons. The Kier molecular flexibility index (Phi) is 3.74. The number of carbonyl (C=O) groups excluding carboxylic acids is 1. The fourth-order valence-corrected chi connectivity index (χ4v) is 2.66. The second-order valence-corrected chi connectivity index (χ2v) is 6.27. The zero-order valence-electron chi connectivity index (χ0n) is 10.7. The number of nitrogens with one attached hydrogen (secondary N) is 1. The zero-order valence-corrected chi connectivity index (χ0v) is 11.6. The number of nitrogens with two attached hydrogens (primary N) is 1. The Bertz CT molecular complexity index is 507. The first-order valence-electron chi connectivity index (χ1n) is 6.07. The number of thiophene rings is 1. The molecular weight excluding hydrogens is 244 g/mol. The molecule has 3 nitrogen and oxygen atoms in total. The minimum absolute atomic E-state index is 0.169. The van der Waals surface area contributed by atoms with E-state index in [0.717, 1.165) is 16.9 Å². The van der Waals surface area contributed by atoms with Crippen LogP contribution in [0.15, 0.2) is 11.4 Å². The van der Waals surface area contributed by atoms with E-state index in [0.29, 0.717) is 13.1 Å². The van der Waals surface area contributed by atoms with Crippen LogP contribution in [0.1, 0.15) is 30.7 Å². The minimum atomic E-state index is 0.169. The molecule has 0 saturated heterocycles. The summed E-state index contributed by atoms with van der Waals surface area (Å²) in [6.07, 6.45) is 0.997. The maximum absolute atomic E-state index is 11.8. The Morgan fingerprint density at radius 3 is 3.00 bits per heavy atom. The van der Waals surface area contributed by atoms with E-state index in [4.69, 9.17) is 5.73 Å². The van der Waals surface area contributed by atoms with Gasteiger partial charge in [-0.1, -0.05) is 25.7 Å². The summed E-state index contributed by atoms with van der Waals surface area (Å²) in [5.41, 5.74) is 6.49. The van der Waals surface area contributed by atoms with Crippen molar-refractivity contribution in [2.24, 2.45) is 17.1 Å². The quantitative estimate of drug-likeness (QED) is 0.815. The van der Waals surface area contributed by atoms with Crippen LogP contribution in [-0.4, -0.2) is 12.5 Å². The maximum Gasteiger partial charge on any atom is 0.223 e. The highest BCUT2D eigenvalue weighted by atomic mass is 32.1. The van der Waals surface area contributed by atoms with E-state index >= 15 is 0 Å². The molecule has 1 fully saturated rings. The molecule has 4 heteroatoms. The van der Waals surface area contributed by atoms with Crippen molar-refractivity contribution in [3.63, 3.8) is 0 Å². The Balaban J connectivity index is 1.84. The van der Waals surface area contributed by atoms with Gasteiger partial charge in [-0.3, -0.25) is 4.79 Å². The lowest BCUT2D eigenvalue weighted by atomic mass is 10.1. The molecule has 0 spiro atoms. The summed E-state index contributed by atoms with van der Waals surface area (Å²) in [6, 6.07) is 2.01. The highest BCUT2D eigenvalue weighted by Gasteiger charge is 2.50. The first-order valence-corrected chi connectivity index (χ1v) is 6.95. The van der Waals surface area contributed by atoms with Gasteiger partial charge in [0.15, 0.2) is 0 Å². The van der Waals surface area contributed by atoms with Crippen molar-refractivity contribution in [1.29, 1.82) is 0 Å². The molecule has 1 unspecified atom stereocenters. The Hall–Kier alpha value is -1.31. The van der Waals surface area contributed by atoms with Crippen LogP contribution < -0.4 is 11.1 Å². The summed E-state index contributed by atoms with van der Waals surface area (Å²) < 4.78 is 0. The molecule has 1 aliphatic carbocycles. The van der Waals surface area contributed by atoms with Crippen molar-refractivity contribution in [3.8, 4) is 11.8 Å². The summed E-state index contributed by atoms with van der Waals surface area (Å²) in [5.74, 6) is 6.16. The van der Waals surface area contributed by atoms with Crippen LogP contribution in [0.25, 0.3) is 0 Å². The van der Waals surface area contributed by atoms with Gasteiger partial charge >= 0.3 is 0 Å². The first-order chi connectivity index (χ1) is 8.53. The third-order valence-corrected chi connectivity index (χ3v) is 4.19. The Morgan fingerprint density at radius 2 is 2.39 bits per heavy atom. The van der Waals surface area contributed by atoms with Gasteiger partial charge < -0.3 is 11.1 Å². The van der Waals surface area contributed by atoms with Crippen molar-refractivity contribution in [3.05, 3.63) is 21.9 Å². The summed E-state index contributed by atoms with van der Waals surface area (Å²) >= 11 is 1.62. The molecule has 0 aromatic carbocycles. The first kappa shape index (κ1) is 13.1. The normalized spacial score (nSPS) is 19.8. The van der Waals surface area contributed by atoms with Crippen molar-refractivity contribution < 1.29 is 4.79 Å². The number of carbonyl (C=O) groups is 1. The third kappa shape index (κ3) is 3.12. The van der Waals surface area contributed by atoms with Crippen LogP contribution in [0.5, 0.6) is 0 Å². The van der Waals surface area contributed by atoms with Gasteiger partial charge in [0.05, 0.1) is 13.1 Å². The lowest BCUT2D eigenvalue weighted by Gasteiger charge is -2.04. The summed E-state index contributed by atoms with van der Waals surface area (Å²) in [6.45, 7) is 5.23. The second kappa shape index (κ2) is 5.13. The monoisotopic (exact) mass is 262 g/mol. The average molecular weight is 262 g/mol. The van der Waals surface area contributed by atoms with Crippen molar-refractivity contribution in [1.82, 2.24) is 5.32 Å². The third-order valence-electron chi connectivity index (χ3n) is 3.26. The van der Waals surface area contributed by atoms with Crippen LogP contribution >= 0.6 is 11.3 Å². The lowest BCUT2D eigenvalue weighted by Crippen LogP contribution is -2.25. The predicted molar refractivity (Wildman–Crippen MR) is 74.0 cm³/mol. The van der Waals surface area contributed by atoms with E-state index in [-0.39, 0.29) is 17.2 Å².